The number of benzene rings is 5. The highest BCUT2D eigenvalue weighted by Gasteiger charge is 2.12. The van der Waals surface area contributed by atoms with Crippen molar-refractivity contribution in [2.24, 2.45) is 0 Å². The zero-order valence-electron chi connectivity index (χ0n) is 14.5. The van der Waals surface area contributed by atoms with E-state index < -0.39 is 0 Å². The SMILES string of the molecule is c1ccc2c(c1)ccc1cc(-c3ccc4ncoc4c3)c3ccccc3c12. The van der Waals surface area contributed by atoms with Crippen molar-refractivity contribution in [2.45, 2.75) is 0 Å². The summed E-state index contributed by atoms with van der Waals surface area (Å²) in [5, 5.41) is 7.65. The van der Waals surface area contributed by atoms with Crippen molar-refractivity contribution in [3.63, 3.8) is 0 Å². The third kappa shape index (κ3) is 2.10. The molecule has 1 heterocycles. The Bertz CT molecular complexity index is 1480. The monoisotopic (exact) mass is 345 g/mol. The topological polar surface area (TPSA) is 26.0 Å². The maximum absolute atomic E-state index is 5.53. The van der Waals surface area contributed by atoms with E-state index in [0.29, 0.717) is 0 Å². The summed E-state index contributed by atoms with van der Waals surface area (Å²) < 4.78 is 5.53. The number of hydrogen-bond acceptors (Lipinski definition) is 2. The van der Waals surface area contributed by atoms with Crippen LogP contribution in [-0.2, 0) is 0 Å². The molecule has 0 aliphatic rings. The van der Waals surface area contributed by atoms with Crippen molar-refractivity contribution in [3.05, 3.63) is 91.3 Å². The summed E-state index contributed by atoms with van der Waals surface area (Å²) in [5.41, 5.74) is 4.06. The summed E-state index contributed by atoms with van der Waals surface area (Å²) in [4.78, 5) is 4.23. The van der Waals surface area contributed by atoms with E-state index in [2.05, 4.69) is 83.8 Å². The lowest BCUT2D eigenvalue weighted by Crippen LogP contribution is -1.86. The molecule has 0 radical (unpaired) electrons. The molecule has 0 spiro atoms. The second-order valence-electron chi connectivity index (χ2n) is 6.89. The standard InChI is InChI=1S/C25H15NO/c1-2-6-19-16(5-1)9-10-18-13-22(20-7-3-4-8-21(20)25(18)19)17-11-12-23-24(14-17)27-15-26-23/h1-15H. The molecule has 6 rings (SSSR count). The predicted molar refractivity (Wildman–Crippen MR) is 112 cm³/mol. The summed E-state index contributed by atoms with van der Waals surface area (Å²) >= 11 is 0. The van der Waals surface area contributed by atoms with Gasteiger partial charge in [0.25, 0.3) is 0 Å². The van der Waals surface area contributed by atoms with Crippen LogP contribution in [0.2, 0.25) is 0 Å². The van der Waals surface area contributed by atoms with Gasteiger partial charge in [-0.05, 0) is 61.6 Å². The van der Waals surface area contributed by atoms with Crippen LogP contribution in [0, 0.1) is 0 Å². The third-order valence-electron chi connectivity index (χ3n) is 5.39. The zero-order chi connectivity index (χ0) is 17.8. The minimum Gasteiger partial charge on any atom is -0.443 e. The van der Waals surface area contributed by atoms with E-state index in [-0.39, 0.29) is 0 Å². The van der Waals surface area contributed by atoms with Crippen molar-refractivity contribution in [3.8, 4) is 11.1 Å². The van der Waals surface area contributed by atoms with E-state index in [1.165, 1.54) is 44.3 Å². The lowest BCUT2D eigenvalue weighted by molar-refractivity contribution is 0.602. The van der Waals surface area contributed by atoms with Gasteiger partial charge in [-0.1, -0.05) is 66.7 Å². The van der Waals surface area contributed by atoms with Gasteiger partial charge < -0.3 is 4.42 Å². The van der Waals surface area contributed by atoms with Crippen molar-refractivity contribution in [2.75, 3.05) is 0 Å². The van der Waals surface area contributed by atoms with Crippen LogP contribution in [0.25, 0.3) is 54.5 Å². The fraction of sp³-hybridized carbons (Fsp3) is 0. The molecule has 6 aromatic rings. The number of fused-ring (bicyclic) bond motifs is 6. The molecule has 0 N–H and O–H groups in total. The lowest BCUT2D eigenvalue weighted by Gasteiger charge is -2.13. The maximum Gasteiger partial charge on any atom is 0.181 e. The first-order chi connectivity index (χ1) is 13.4. The maximum atomic E-state index is 5.53. The second-order valence-corrected chi connectivity index (χ2v) is 6.89. The van der Waals surface area contributed by atoms with E-state index >= 15 is 0 Å². The van der Waals surface area contributed by atoms with Gasteiger partial charge in [-0.3, -0.25) is 0 Å². The molecular formula is C25H15NO. The normalized spacial score (nSPS) is 11.7. The van der Waals surface area contributed by atoms with Crippen LogP contribution in [0.4, 0.5) is 0 Å². The molecule has 0 aliphatic carbocycles. The molecule has 0 saturated carbocycles. The molecule has 27 heavy (non-hydrogen) atoms. The average Bonchev–Trinajstić information content (AvgIpc) is 3.20. The molecule has 0 saturated heterocycles. The molecule has 126 valence electrons. The van der Waals surface area contributed by atoms with Gasteiger partial charge in [0.15, 0.2) is 12.0 Å². The number of nitrogens with zero attached hydrogens (tertiary/aromatic N) is 1. The average molecular weight is 345 g/mol. The smallest absolute Gasteiger partial charge is 0.181 e. The largest absolute Gasteiger partial charge is 0.443 e. The summed E-state index contributed by atoms with van der Waals surface area (Å²) in [6.07, 6.45) is 1.50. The van der Waals surface area contributed by atoms with E-state index in [9.17, 15) is 0 Å². The summed E-state index contributed by atoms with van der Waals surface area (Å²) in [6, 6.07) is 30.2. The highest BCUT2D eigenvalue weighted by atomic mass is 16.3. The van der Waals surface area contributed by atoms with Crippen LogP contribution in [-0.4, -0.2) is 4.98 Å². The van der Waals surface area contributed by atoms with Crippen LogP contribution in [0.3, 0.4) is 0 Å². The Morgan fingerprint density at radius 2 is 1.41 bits per heavy atom. The van der Waals surface area contributed by atoms with Gasteiger partial charge in [0.05, 0.1) is 0 Å². The first-order valence-corrected chi connectivity index (χ1v) is 9.05. The Labute approximate surface area is 155 Å². The Kier molecular flexibility index (Phi) is 2.91. The number of rotatable bonds is 1. The predicted octanol–water partition coefficient (Wildman–Crippen LogP) is 6.95. The Hall–Kier alpha value is -3.65. The summed E-state index contributed by atoms with van der Waals surface area (Å²) in [5.74, 6) is 0. The number of hydrogen-bond donors (Lipinski definition) is 0. The van der Waals surface area contributed by atoms with E-state index in [4.69, 9.17) is 4.42 Å². The van der Waals surface area contributed by atoms with Gasteiger partial charge >= 0.3 is 0 Å². The number of oxazole rings is 1. The second kappa shape index (κ2) is 5.42. The molecule has 5 aromatic carbocycles. The fourth-order valence-electron chi connectivity index (χ4n) is 4.14. The first kappa shape index (κ1) is 14.5. The highest BCUT2D eigenvalue weighted by molar-refractivity contribution is 6.23. The fourth-order valence-corrected chi connectivity index (χ4v) is 4.14. The Morgan fingerprint density at radius 3 is 2.33 bits per heavy atom. The van der Waals surface area contributed by atoms with E-state index in [1.807, 2.05) is 6.07 Å². The van der Waals surface area contributed by atoms with Crippen molar-refractivity contribution < 1.29 is 4.42 Å². The zero-order valence-corrected chi connectivity index (χ0v) is 14.5. The van der Waals surface area contributed by atoms with Gasteiger partial charge in [-0.25, -0.2) is 4.98 Å². The van der Waals surface area contributed by atoms with Gasteiger partial charge in [-0.2, -0.15) is 0 Å². The van der Waals surface area contributed by atoms with Gasteiger partial charge in [-0.15, -0.1) is 0 Å². The van der Waals surface area contributed by atoms with Crippen LogP contribution in [0.5, 0.6) is 0 Å². The molecule has 2 heteroatoms. The van der Waals surface area contributed by atoms with Crippen LogP contribution >= 0.6 is 0 Å². The molecule has 0 atom stereocenters. The van der Waals surface area contributed by atoms with Crippen molar-refractivity contribution >= 4 is 43.4 Å². The van der Waals surface area contributed by atoms with Crippen LogP contribution < -0.4 is 0 Å². The molecule has 1 aromatic heterocycles. The molecule has 0 amide bonds. The molecule has 0 bridgehead atoms. The lowest BCUT2D eigenvalue weighted by atomic mass is 9.91. The minimum absolute atomic E-state index is 0.815. The molecule has 0 aliphatic heterocycles. The molecule has 0 fully saturated rings. The summed E-state index contributed by atoms with van der Waals surface area (Å²) in [6.45, 7) is 0. The van der Waals surface area contributed by atoms with Crippen LogP contribution in [0.1, 0.15) is 0 Å². The Morgan fingerprint density at radius 1 is 0.630 bits per heavy atom. The molecular weight excluding hydrogens is 330 g/mol. The number of aromatic nitrogens is 1. The van der Waals surface area contributed by atoms with Gasteiger partial charge in [0.1, 0.15) is 5.52 Å². The third-order valence-corrected chi connectivity index (χ3v) is 5.39. The van der Waals surface area contributed by atoms with Crippen molar-refractivity contribution in [1.29, 1.82) is 0 Å². The first-order valence-electron chi connectivity index (χ1n) is 9.05. The van der Waals surface area contributed by atoms with E-state index in [1.54, 1.807) is 0 Å². The van der Waals surface area contributed by atoms with Crippen molar-refractivity contribution in [1.82, 2.24) is 4.98 Å². The highest BCUT2D eigenvalue weighted by Crippen LogP contribution is 2.38. The molecule has 0 unspecified atom stereocenters. The molecule has 2 nitrogen and oxygen atoms in total. The van der Waals surface area contributed by atoms with E-state index in [0.717, 1.165) is 16.7 Å². The van der Waals surface area contributed by atoms with Gasteiger partial charge in [0.2, 0.25) is 0 Å². The quantitative estimate of drug-likeness (QED) is 0.301. The summed E-state index contributed by atoms with van der Waals surface area (Å²) in [7, 11) is 0. The van der Waals surface area contributed by atoms with Gasteiger partial charge in [0, 0.05) is 0 Å². The Balaban J connectivity index is 1.78. The minimum atomic E-state index is 0.815. The van der Waals surface area contributed by atoms with Crippen LogP contribution in [0.15, 0.2) is 95.7 Å².